The number of nitrogens with one attached hydrogen (secondary N) is 1. The molecule has 0 fully saturated rings. The van der Waals surface area contributed by atoms with Crippen molar-refractivity contribution in [3.63, 3.8) is 0 Å². The van der Waals surface area contributed by atoms with Gasteiger partial charge in [-0.25, -0.2) is 0 Å². The van der Waals surface area contributed by atoms with Gasteiger partial charge in [0.05, 0.1) is 11.6 Å². The standard InChI is InChI=1S/C10H14BrNO/c1-12-6-5-8-3-4-9(11)10(7-8)13-2/h3-4,7,12H,5-6H2,1-2H3. The van der Waals surface area contributed by atoms with Crippen molar-refractivity contribution in [2.75, 3.05) is 20.7 Å². The first-order valence-electron chi connectivity index (χ1n) is 4.25. The molecular weight excluding hydrogens is 230 g/mol. The normalized spacial score (nSPS) is 10.1. The van der Waals surface area contributed by atoms with E-state index in [4.69, 9.17) is 4.74 Å². The Labute approximate surface area is 87.4 Å². The van der Waals surface area contributed by atoms with E-state index >= 15 is 0 Å². The van der Waals surface area contributed by atoms with Gasteiger partial charge in [0, 0.05) is 0 Å². The summed E-state index contributed by atoms with van der Waals surface area (Å²) in [5, 5.41) is 3.12. The van der Waals surface area contributed by atoms with Crippen LogP contribution in [0.4, 0.5) is 0 Å². The van der Waals surface area contributed by atoms with Crippen molar-refractivity contribution in [1.29, 1.82) is 0 Å². The van der Waals surface area contributed by atoms with Crippen LogP contribution in [0, 0.1) is 0 Å². The van der Waals surface area contributed by atoms with E-state index in [0.717, 1.165) is 23.2 Å². The molecule has 0 spiro atoms. The van der Waals surface area contributed by atoms with Gasteiger partial charge in [-0.05, 0) is 53.6 Å². The van der Waals surface area contributed by atoms with Crippen molar-refractivity contribution < 1.29 is 4.74 Å². The van der Waals surface area contributed by atoms with Gasteiger partial charge in [0.25, 0.3) is 0 Å². The highest BCUT2D eigenvalue weighted by Crippen LogP contribution is 2.25. The van der Waals surface area contributed by atoms with Crippen LogP contribution in [0.5, 0.6) is 5.75 Å². The number of ether oxygens (including phenoxy) is 1. The van der Waals surface area contributed by atoms with Gasteiger partial charge in [0.2, 0.25) is 0 Å². The minimum atomic E-state index is 0.897. The van der Waals surface area contributed by atoms with Gasteiger partial charge in [-0.15, -0.1) is 0 Å². The molecule has 0 bridgehead atoms. The second kappa shape index (κ2) is 5.25. The van der Waals surface area contributed by atoms with E-state index in [9.17, 15) is 0 Å². The SMILES string of the molecule is CNCCc1ccc(Br)c(OC)c1. The molecule has 0 aliphatic rings. The molecule has 1 aromatic rings. The Balaban J connectivity index is 2.74. The average molecular weight is 244 g/mol. The first-order valence-corrected chi connectivity index (χ1v) is 5.04. The van der Waals surface area contributed by atoms with Crippen LogP contribution in [-0.4, -0.2) is 20.7 Å². The summed E-state index contributed by atoms with van der Waals surface area (Å²) in [7, 11) is 3.64. The van der Waals surface area contributed by atoms with E-state index in [-0.39, 0.29) is 0 Å². The molecule has 1 aromatic carbocycles. The lowest BCUT2D eigenvalue weighted by atomic mass is 10.1. The van der Waals surface area contributed by atoms with Crippen molar-refractivity contribution >= 4 is 15.9 Å². The average Bonchev–Trinajstić information content (AvgIpc) is 2.16. The number of methoxy groups -OCH3 is 1. The first-order chi connectivity index (χ1) is 6.27. The largest absolute Gasteiger partial charge is 0.496 e. The van der Waals surface area contributed by atoms with Crippen molar-refractivity contribution in [1.82, 2.24) is 5.32 Å². The zero-order valence-electron chi connectivity index (χ0n) is 7.93. The summed E-state index contributed by atoms with van der Waals surface area (Å²) in [6.45, 7) is 0.991. The zero-order valence-corrected chi connectivity index (χ0v) is 9.52. The predicted molar refractivity (Wildman–Crippen MR) is 58.3 cm³/mol. The second-order valence-electron chi connectivity index (χ2n) is 2.82. The number of likely N-dealkylation sites (N-methyl/N-ethyl adjacent to an activating group) is 1. The molecule has 1 N–H and O–H groups in total. The second-order valence-corrected chi connectivity index (χ2v) is 3.68. The quantitative estimate of drug-likeness (QED) is 0.876. The van der Waals surface area contributed by atoms with Crippen molar-refractivity contribution in [2.24, 2.45) is 0 Å². The fraction of sp³-hybridized carbons (Fsp3) is 0.400. The summed E-state index contributed by atoms with van der Waals surface area (Å²) in [6, 6.07) is 6.18. The molecule has 0 aliphatic carbocycles. The van der Waals surface area contributed by atoms with E-state index in [1.165, 1.54) is 5.56 Å². The molecule has 0 atom stereocenters. The summed E-state index contributed by atoms with van der Waals surface area (Å²) in [6.07, 6.45) is 1.03. The highest BCUT2D eigenvalue weighted by molar-refractivity contribution is 9.10. The minimum Gasteiger partial charge on any atom is -0.496 e. The molecule has 72 valence electrons. The predicted octanol–water partition coefficient (Wildman–Crippen LogP) is 2.22. The third-order valence-electron chi connectivity index (χ3n) is 1.88. The minimum absolute atomic E-state index is 0.897. The number of benzene rings is 1. The van der Waals surface area contributed by atoms with E-state index in [1.54, 1.807) is 7.11 Å². The van der Waals surface area contributed by atoms with E-state index in [0.29, 0.717) is 0 Å². The van der Waals surface area contributed by atoms with Crippen LogP contribution >= 0.6 is 15.9 Å². The molecule has 13 heavy (non-hydrogen) atoms. The van der Waals surface area contributed by atoms with Gasteiger partial charge in [0.15, 0.2) is 0 Å². The van der Waals surface area contributed by atoms with Gasteiger partial charge >= 0.3 is 0 Å². The Bertz CT molecular complexity index is 276. The lowest BCUT2D eigenvalue weighted by Gasteiger charge is -2.06. The maximum absolute atomic E-state index is 5.20. The van der Waals surface area contributed by atoms with Gasteiger partial charge in [-0.3, -0.25) is 0 Å². The van der Waals surface area contributed by atoms with Gasteiger partial charge < -0.3 is 10.1 Å². The zero-order chi connectivity index (χ0) is 9.68. The maximum atomic E-state index is 5.20. The molecular formula is C10H14BrNO. The maximum Gasteiger partial charge on any atom is 0.133 e. The van der Waals surface area contributed by atoms with E-state index < -0.39 is 0 Å². The third kappa shape index (κ3) is 3.01. The monoisotopic (exact) mass is 243 g/mol. The van der Waals surface area contributed by atoms with Crippen LogP contribution in [0.15, 0.2) is 22.7 Å². The first kappa shape index (κ1) is 10.5. The third-order valence-corrected chi connectivity index (χ3v) is 2.53. The number of hydrogen-bond donors (Lipinski definition) is 1. The topological polar surface area (TPSA) is 21.3 Å². The molecule has 0 amide bonds. The summed E-state index contributed by atoms with van der Waals surface area (Å²) >= 11 is 3.42. The Morgan fingerprint density at radius 1 is 1.46 bits per heavy atom. The van der Waals surface area contributed by atoms with Crippen molar-refractivity contribution in [2.45, 2.75) is 6.42 Å². The molecule has 0 saturated heterocycles. The highest BCUT2D eigenvalue weighted by atomic mass is 79.9. The summed E-state index contributed by atoms with van der Waals surface area (Å²) in [4.78, 5) is 0. The summed E-state index contributed by atoms with van der Waals surface area (Å²) < 4.78 is 6.20. The van der Waals surface area contributed by atoms with Crippen LogP contribution in [0.25, 0.3) is 0 Å². The Morgan fingerprint density at radius 3 is 2.85 bits per heavy atom. The highest BCUT2D eigenvalue weighted by Gasteiger charge is 2.00. The van der Waals surface area contributed by atoms with Gasteiger partial charge in [-0.1, -0.05) is 6.07 Å². The van der Waals surface area contributed by atoms with Crippen LogP contribution < -0.4 is 10.1 Å². The van der Waals surface area contributed by atoms with Crippen molar-refractivity contribution in [3.05, 3.63) is 28.2 Å². The Morgan fingerprint density at radius 2 is 2.23 bits per heavy atom. The molecule has 0 aliphatic heterocycles. The number of hydrogen-bond acceptors (Lipinski definition) is 2. The van der Waals surface area contributed by atoms with Crippen LogP contribution in [0.3, 0.4) is 0 Å². The van der Waals surface area contributed by atoms with Crippen molar-refractivity contribution in [3.8, 4) is 5.75 Å². The molecule has 3 heteroatoms. The molecule has 0 radical (unpaired) electrons. The van der Waals surface area contributed by atoms with Gasteiger partial charge in [0.1, 0.15) is 5.75 Å². The van der Waals surface area contributed by atoms with E-state index in [2.05, 4.69) is 33.4 Å². The molecule has 0 heterocycles. The number of rotatable bonds is 4. The fourth-order valence-corrected chi connectivity index (χ4v) is 1.54. The van der Waals surface area contributed by atoms with E-state index in [1.807, 2.05) is 13.1 Å². The molecule has 0 aromatic heterocycles. The fourth-order valence-electron chi connectivity index (χ4n) is 1.13. The Hall–Kier alpha value is -0.540. The lowest BCUT2D eigenvalue weighted by Crippen LogP contribution is -2.10. The van der Waals surface area contributed by atoms with Crippen LogP contribution in [-0.2, 0) is 6.42 Å². The smallest absolute Gasteiger partial charge is 0.133 e. The Kier molecular flexibility index (Phi) is 4.25. The molecule has 1 rings (SSSR count). The molecule has 0 saturated carbocycles. The van der Waals surface area contributed by atoms with Crippen LogP contribution in [0.1, 0.15) is 5.56 Å². The van der Waals surface area contributed by atoms with Gasteiger partial charge in [-0.2, -0.15) is 0 Å². The number of halogens is 1. The molecule has 0 unspecified atom stereocenters. The lowest BCUT2D eigenvalue weighted by molar-refractivity contribution is 0.411. The molecule has 2 nitrogen and oxygen atoms in total. The van der Waals surface area contributed by atoms with Crippen LogP contribution in [0.2, 0.25) is 0 Å². The summed E-state index contributed by atoms with van der Waals surface area (Å²) in [5.74, 6) is 0.897. The summed E-state index contributed by atoms with van der Waals surface area (Å²) in [5.41, 5.74) is 1.29.